The molecule has 10 aromatic carbocycles. The molecule has 0 N–H and O–H groups in total. The van der Waals surface area contributed by atoms with E-state index in [2.05, 4.69) is 254 Å². The third-order valence-electron chi connectivity index (χ3n) is 9.80. The summed E-state index contributed by atoms with van der Waals surface area (Å²) in [6.45, 7) is 15.3. The molecule has 0 nitrogen and oxygen atoms in total. The average Bonchev–Trinajstić information content (AvgIpc) is 4.20. The molecule has 0 bridgehead atoms. The van der Waals surface area contributed by atoms with Crippen LogP contribution in [0.4, 0.5) is 0 Å². The molecule has 0 saturated carbocycles. The van der Waals surface area contributed by atoms with E-state index in [1.54, 1.807) is 13.1 Å². The second kappa shape index (κ2) is 37.1. The zero-order valence-corrected chi connectivity index (χ0v) is 48.3. The summed E-state index contributed by atoms with van der Waals surface area (Å²) in [5.74, 6) is 0. The fourth-order valence-corrected chi connectivity index (χ4v) is 7.00. The van der Waals surface area contributed by atoms with Gasteiger partial charge in [0.15, 0.2) is 0 Å². The first-order valence-electron chi connectivity index (χ1n) is 21.5. The van der Waals surface area contributed by atoms with Crippen molar-refractivity contribution < 1.29 is 41.7 Å². The van der Waals surface area contributed by atoms with Crippen LogP contribution in [-0.2, 0) is 41.7 Å². The molecule has 0 fully saturated rings. The molecule has 0 spiro atoms. The zero-order chi connectivity index (χ0) is 48.4. The Balaban J connectivity index is 0.000000279. The molecular formula is C58H58Cl4Si2Zr2-6. The Morgan fingerprint density at radius 1 is 0.424 bits per heavy atom. The largest absolute Gasteiger partial charge is 0.168 e. The third-order valence-corrected chi connectivity index (χ3v) is 9.80. The second-order valence-electron chi connectivity index (χ2n) is 14.3. The van der Waals surface area contributed by atoms with Gasteiger partial charge in [-0.3, -0.25) is 0 Å². The molecule has 0 aliphatic heterocycles. The number of hydrogen-bond donors (Lipinski definition) is 0. The first kappa shape index (κ1) is 59.2. The Morgan fingerprint density at radius 2 is 0.742 bits per heavy atom. The van der Waals surface area contributed by atoms with E-state index >= 15 is 0 Å². The molecule has 0 aliphatic rings. The van der Waals surface area contributed by atoms with Crippen LogP contribution < -0.4 is 0 Å². The van der Waals surface area contributed by atoms with Gasteiger partial charge in [-0.05, 0) is 11.1 Å². The Labute approximate surface area is 440 Å². The van der Waals surface area contributed by atoms with Gasteiger partial charge in [-0.1, -0.05) is 136 Å². The molecule has 10 aromatic rings. The second-order valence-corrected chi connectivity index (χ2v) is 21.7. The molecule has 0 heterocycles. The molecule has 0 atom stereocenters. The molecule has 66 heavy (non-hydrogen) atoms. The van der Waals surface area contributed by atoms with Crippen LogP contribution >= 0.6 is 34.1 Å². The van der Waals surface area contributed by atoms with E-state index < -0.39 is 41.7 Å². The minimum atomic E-state index is -0.826. The van der Waals surface area contributed by atoms with Crippen molar-refractivity contribution in [3.8, 4) is 22.3 Å². The number of fused-ring (bicyclic) bond motifs is 4. The summed E-state index contributed by atoms with van der Waals surface area (Å²) in [7, 11) is 25.7. The molecule has 6 radical (unpaired) electrons. The van der Waals surface area contributed by atoms with Crippen LogP contribution in [0.3, 0.4) is 0 Å². The van der Waals surface area contributed by atoms with Crippen LogP contribution in [0.25, 0.3) is 65.3 Å². The monoisotopic (exact) mass is 1130 g/mol. The van der Waals surface area contributed by atoms with Crippen molar-refractivity contribution in [2.45, 2.75) is 52.6 Å². The molecule has 8 heteroatoms. The van der Waals surface area contributed by atoms with Gasteiger partial charge in [-0.25, -0.2) is 0 Å². The third kappa shape index (κ3) is 21.2. The predicted octanol–water partition coefficient (Wildman–Crippen LogP) is 19.6. The molecule has 0 unspecified atom stereocenters. The van der Waals surface area contributed by atoms with Crippen molar-refractivity contribution in [1.82, 2.24) is 0 Å². The van der Waals surface area contributed by atoms with E-state index in [0.717, 1.165) is 12.8 Å². The molecule has 0 amide bonds. The van der Waals surface area contributed by atoms with E-state index in [-0.39, 0.29) is 0 Å². The maximum absolute atomic E-state index is 4.93. The molecule has 10 rings (SSSR count). The van der Waals surface area contributed by atoms with Crippen LogP contribution in [0.1, 0.15) is 36.8 Å². The number of rotatable bonds is 5. The summed E-state index contributed by atoms with van der Waals surface area (Å²) < 4.78 is 0. The van der Waals surface area contributed by atoms with E-state index in [0.29, 0.717) is 0 Å². The number of hydrogen-bond acceptors (Lipinski definition) is 0. The molecule has 0 aliphatic carbocycles. The van der Waals surface area contributed by atoms with E-state index in [4.69, 9.17) is 34.1 Å². The summed E-state index contributed by atoms with van der Waals surface area (Å²) in [4.78, 5) is 0. The molecule has 0 aromatic heterocycles. The summed E-state index contributed by atoms with van der Waals surface area (Å²) >= 11 is -1.65. The molecular weight excluding hydrogens is 1080 g/mol. The smallest absolute Gasteiger partial charge is 0.0809 e. The summed E-state index contributed by atoms with van der Waals surface area (Å²) in [6.07, 6.45) is 4.61. The van der Waals surface area contributed by atoms with Gasteiger partial charge in [0.1, 0.15) is 0 Å². The van der Waals surface area contributed by atoms with E-state index in [1.807, 2.05) is 0 Å². The number of halogens is 4. The molecule has 340 valence electrons. The Kier molecular flexibility index (Phi) is 33.3. The van der Waals surface area contributed by atoms with Gasteiger partial charge in [0, 0.05) is 20.5 Å². The van der Waals surface area contributed by atoms with Crippen LogP contribution in [0.15, 0.2) is 206 Å². The Hall–Kier alpha value is -2.88. The van der Waals surface area contributed by atoms with Crippen LogP contribution in [0.2, 0.25) is 13.1 Å². The van der Waals surface area contributed by atoms with Gasteiger partial charge in [-0.2, -0.15) is 60.0 Å². The van der Waals surface area contributed by atoms with Crippen molar-refractivity contribution in [3.63, 3.8) is 0 Å². The van der Waals surface area contributed by atoms with Crippen LogP contribution in [0, 0.1) is 27.7 Å². The fraction of sp³-hybridized carbons (Fsp3) is 0.138. The Morgan fingerprint density at radius 3 is 1.08 bits per heavy atom. The normalized spacial score (nSPS) is 9.45. The van der Waals surface area contributed by atoms with Crippen LogP contribution in [-0.4, -0.2) is 20.5 Å². The Bertz CT molecular complexity index is 2450. The standard InChI is InChI=1S/2C16H13.2C9H7.C6H12.2CH3Si.4ClH.2Zr/c2*1-12-10-14-8-5-9-15(16(14)11-12)13-6-3-2-4-7-13;2*1-2-5-9-7-3-6-8(9)4-1;1-3-5-6-4-2;2*1-2;;;;;;/h2*2-11H,1H3;2*1-7H;1-6H2;2*1H3;4*1H;;/q4*-1;-2;;;;;;;2*+2/p-4. The number of unbranched alkanes of at least 4 members (excludes halogenated alkanes) is 3. The van der Waals surface area contributed by atoms with E-state index in [9.17, 15) is 0 Å². The quantitative estimate of drug-likeness (QED) is 0.0915. The van der Waals surface area contributed by atoms with Gasteiger partial charge in [0.2, 0.25) is 0 Å². The number of benzene rings is 6. The van der Waals surface area contributed by atoms with Gasteiger partial charge in [0.25, 0.3) is 0 Å². The van der Waals surface area contributed by atoms with Crippen molar-refractivity contribution in [1.29, 1.82) is 0 Å². The first-order valence-corrected chi connectivity index (χ1v) is 36.2. The predicted molar refractivity (Wildman–Crippen MR) is 294 cm³/mol. The van der Waals surface area contributed by atoms with E-state index in [1.165, 1.54) is 89.3 Å². The van der Waals surface area contributed by atoms with Crippen molar-refractivity contribution in [2.75, 3.05) is 0 Å². The zero-order valence-electron chi connectivity index (χ0n) is 38.4. The fourth-order valence-electron chi connectivity index (χ4n) is 7.00. The van der Waals surface area contributed by atoms with Gasteiger partial charge >= 0.3 is 75.7 Å². The summed E-state index contributed by atoms with van der Waals surface area (Å²) in [5.41, 5.74) is 7.89. The van der Waals surface area contributed by atoms with Crippen molar-refractivity contribution >= 4 is 97.6 Å². The first-order chi connectivity index (χ1) is 32.4. The van der Waals surface area contributed by atoms with Crippen molar-refractivity contribution in [2.24, 2.45) is 0 Å². The SMILES string of the molecule is C[Si].C[Si].Cc1cc2c(-c3ccccc3)cccc2[cH-]1.Cc1cc2c(-c3ccccc3)cccc2[cH-]1.[CH2-]CCCC[CH2-].[Cl][Zr][Cl].[Cl][Zr][Cl].c1ccc2[cH-]ccc2c1.c1ccc2[cH-]ccc2c1. The molecule has 0 saturated heterocycles. The maximum Gasteiger partial charge on any atom is -0.0809 e. The van der Waals surface area contributed by atoms with Gasteiger partial charge in [0.05, 0.1) is 0 Å². The minimum Gasteiger partial charge on any atom is -0.168 e. The summed E-state index contributed by atoms with van der Waals surface area (Å²) in [6, 6.07) is 72.4. The number of aryl methyl sites for hydroxylation is 2. The minimum absolute atomic E-state index is 0.826. The van der Waals surface area contributed by atoms with Crippen LogP contribution in [0.5, 0.6) is 0 Å². The maximum atomic E-state index is 4.93. The topological polar surface area (TPSA) is 0 Å². The van der Waals surface area contributed by atoms with Gasteiger partial charge in [-0.15, -0.1) is 128 Å². The summed E-state index contributed by atoms with van der Waals surface area (Å²) in [5, 5.41) is 10.7. The average molecular weight is 1140 g/mol. The van der Waals surface area contributed by atoms with Crippen molar-refractivity contribution in [3.05, 3.63) is 231 Å². The van der Waals surface area contributed by atoms with Gasteiger partial charge < -0.3 is 13.8 Å².